The number of nitrogens with zero attached hydrogens (tertiary/aromatic N) is 2. The minimum atomic E-state index is -1.04. The van der Waals surface area contributed by atoms with Crippen LogP contribution in [0.25, 0.3) is 0 Å². The third-order valence-corrected chi connectivity index (χ3v) is 0.247. The van der Waals surface area contributed by atoms with Crippen LogP contribution >= 0.6 is 0 Å². The molecule has 6 nitrogen and oxygen atoms in total. The molecule has 0 aliphatic rings. The molecule has 0 rings (SSSR count). The second kappa shape index (κ2) is 7.64. The fourth-order valence-corrected chi connectivity index (χ4v) is 0.0986. The van der Waals surface area contributed by atoms with E-state index in [1.165, 1.54) is 0 Å². The predicted molar refractivity (Wildman–Crippen MR) is 44.5 cm³/mol. The van der Waals surface area contributed by atoms with E-state index in [9.17, 15) is 9.59 Å². The SMILES string of the molecule is CC(C)C.NC(=O)N=NC(N)=O. The first-order valence-electron chi connectivity index (χ1n) is 3.36. The number of urea groups is 2. The van der Waals surface area contributed by atoms with Crippen LogP contribution in [0.5, 0.6) is 0 Å². The number of amides is 4. The zero-order valence-corrected chi connectivity index (χ0v) is 7.44. The number of carbonyl (C=O) groups is 2. The van der Waals surface area contributed by atoms with Crippen molar-refractivity contribution < 1.29 is 9.59 Å². The van der Waals surface area contributed by atoms with Gasteiger partial charge in [-0.1, -0.05) is 31.0 Å². The molecule has 0 atom stereocenters. The Kier molecular flexibility index (Phi) is 8.38. The lowest BCUT2D eigenvalue weighted by Crippen LogP contribution is -2.07. The number of hydrogen-bond donors (Lipinski definition) is 2. The minimum absolute atomic E-state index is 0.833. The van der Waals surface area contributed by atoms with Crippen molar-refractivity contribution in [2.24, 2.45) is 27.6 Å². The van der Waals surface area contributed by atoms with E-state index >= 15 is 0 Å². The summed E-state index contributed by atoms with van der Waals surface area (Å²) < 4.78 is 0. The van der Waals surface area contributed by atoms with E-state index in [1.807, 2.05) is 0 Å². The van der Waals surface area contributed by atoms with Gasteiger partial charge in [0.25, 0.3) is 0 Å². The second-order valence-corrected chi connectivity index (χ2v) is 2.61. The molecular weight excluding hydrogens is 160 g/mol. The average Bonchev–Trinajstić information content (AvgIpc) is 1.82. The van der Waals surface area contributed by atoms with Crippen LogP contribution in [0.3, 0.4) is 0 Å². The van der Waals surface area contributed by atoms with Gasteiger partial charge >= 0.3 is 12.1 Å². The molecule has 0 bridgehead atoms. The molecule has 0 spiro atoms. The smallest absolute Gasteiger partial charge is 0.348 e. The van der Waals surface area contributed by atoms with Crippen molar-refractivity contribution in [1.29, 1.82) is 0 Å². The minimum Gasteiger partial charge on any atom is -0.348 e. The molecule has 0 aromatic rings. The molecule has 0 aromatic heterocycles. The lowest BCUT2D eigenvalue weighted by Gasteiger charge is -1.79. The van der Waals surface area contributed by atoms with Gasteiger partial charge in [-0.15, -0.1) is 0 Å². The Hall–Kier alpha value is -1.46. The number of primary amides is 2. The molecule has 0 aromatic carbocycles. The Labute approximate surface area is 71.0 Å². The number of carbonyl (C=O) groups excluding carboxylic acids is 2. The molecule has 70 valence electrons. The first kappa shape index (κ1) is 13.2. The molecule has 0 saturated carbocycles. The maximum atomic E-state index is 9.66. The number of nitrogens with two attached hydrogens (primary N) is 2. The maximum Gasteiger partial charge on any atom is 0.357 e. The Bertz CT molecular complexity index is 158. The fourth-order valence-electron chi connectivity index (χ4n) is 0.0986. The van der Waals surface area contributed by atoms with Gasteiger partial charge in [-0.3, -0.25) is 0 Å². The van der Waals surface area contributed by atoms with Gasteiger partial charge < -0.3 is 11.5 Å². The number of azo groups is 1. The Morgan fingerprint density at radius 2 is 1.17 bits per heavy atom. The molecule has 0 heterocycles. The van der Waals surface area contributed by atoms with Crippen LogP contribution in [-0.2, 0) is 0 Å². The van der Waals surface area contributed by atoms with Crippen LogP contribution in [0.4, 0.5) is 9.59 Å². The molecule has 0 radical (unpaired) electrons. The van der Waals surface area contributed by atoms with Crippen molar-refractivity contribution in [1.82, 2.24) is 0 Å². The van der Waals surface area contributed by atoms with Crippen LogP contribution < -0.4 is 11.5 Å². The van der Waals surface area contributed by atoms with Crippen molar-refractivity contribution in [3.8, 4) is 0 Å². The lowest BCUT2D eigenvalue weighted by atomic mass is 10.3. The summed E-state index contributed by atoms with van der Waals surface area (Å²) in [6.07, 6.45) is 0. The molecule has 12 heavy (non-hydrogen) atoms. The first-order chi connectivity index (χ1) is 5.36. The quantitative estimate of drug-likeness (QED) is 0.538. The summed E-state index contributed by atoms with van der Waals surface area (Å²) in [5.74, 6) is 0.833. The lowest BCUT2D eigenvalue weighted by molar-refractivity contribution is 0.249. The molecular formula is C6H14N4O2. The van der Waals surface area contributed by atoms with Crippen LogP contribution in [0, 0.1) is 5.92 Å². The fraction of sp³-hybridized carbons (Fsp3) is 0.667. The summed E-state index contributed by atoms with van der Waals surface area (Å²) in [7, 11) is 0. The van der Waals surface area contributed by atoms with Gasteiger partial charge in [-0.25, -0.2) is 9.59 Å². The van der Waals surface area contributed by atoms with E-state index in [0.717, 1.165) is 5.92 Å². The summed E-state index contributed by atoms with van der Waals surface area (Å²) >= 11 is 0. The summed E-state index contributed by atoms with van der Waals surface area (Å²) in [5.41, 5.74) is 8.87. The van der Waals surface area contributed by atoms with Gasteiger partial charge in [-0.05, 0) is 5.92 Å². The zero-order chi connectivity index (χ0) is 10.1. The molecule has 6 heteroatoms. The molecule has 0 aliphatic carbocycles. The van der Waals surface area contributed by atoms with Crippen molar-refractivity contribution >= 4 is 12.1 Å². The van der Waals surface area contributed by atoms with Gasteiger partial charge in [0, 0.05) is 0 Å². The summed E-state index contributed by atoms with van der Waals surface area (Å²) in [4.78, 5) is 19.3. The van der Waals surface area contributed by atoms with Gasteiger partial charge in [0.15, 0.2) is 0 Å². The highest BCUT2D eigenvalue weighted by molar-refractivity contribution is 5.77. The maximum absolute atomic E-state index is 9.66. The van der Waals surface area contributed by atoms with Crippen molar-refractivity contribution in [2.75, 3.05) is 0 Å². The number of rotatable bonds is 0. The van der Waals surface area contributed by atoms with Crippen LogP contribution in [0.1, 0.15) is 20.8 Å². The van der Waals surface area contributed by atoms with E-state index in [0.29, 0.717) is 0 Å². The average molecular weight is 174 g/mol. The molecule has 0 fully saturated rings. The topological polar surface area (TPSA) is 111 Å². The molecule has 0 aliphatic heterocycles. The van der Waals surface area contributed by atoms with Crippen molar-refractivity contribution in [3.63, 3.8) is 0 Å². The van der Waals surface area contributed by atoms with Gasteiger partial charge in [0.2, 0.25) is 0 Å². The standard InChI is InChI=1S/C4H10.C2H4N4O2/c1-4(2)3;3-1(7)5-6-2(4)8/h4H,1-3H3;(H2,3,7)(H2,4,8). The predicted octanol–water partition coefficient (Wildman–Crippen LogP) is 1.26. The van der Waals surface area contributed by atoms with E-state index in [-0.39, 0.29) is 0 Å². The summed E-state index contributed by atoms with van der Waals surface area (Å²) in [6, 6.07) is -2.08. The summed E-state index contributed by atoms with van der Waals surface area (Å²) in [5, 5.41) is 5.23. The van der Waals surface area contributed by atoms with Crippen LogP contribution in [-0.4, -0.2) is 12.1 Å². The van der Waals surface area contributed by atoms with Crippen molar-refractivity contribution in [3.05, 3.63) is 0 Å². The van der Waals surface area contributed by atoms with E-state index in [4.69, 9.17) is 0 Å². The van der Waals surface area contributed by atoms with Gasteiger partial charge in [0.05, 0.1) is 0 Å². The van der Waals surface area contributed by atoms with E-state index in [1.54, 1.807) is 0 Å². The van der Waals surface area contributed by atoms with Crippen molar-refractivity contribution in [2.45, 2.75) is 20.8 Å². The highest BCUT2D eigenvalue weighted by Gasteiger charge is 1.86. The largest absolute Gasteiger partial charge is 0.357 e. The van der Waals surface area contributed by atoms with Crippen LogP contribution in [0.15, 0.2) is 10.2 Å². The highest BCUT2D eigenvalue weighted by Crippen LogP contribution is 1.81. The Morgan fingerprint density at radius 1 is 1.00 bits per heavy atom. The number of hydrogen-bond acceptors (Lipinski definition) is 2. The highest BCUT2D eigenvalue weighted by atomic mass is 16.2. The monoisotopic (exact) mass is 174 g/mol. The van der Waals surface area contributed by atoms with Crippen LogP contribution in [0.2, 0.25) is 0 Å². The zero-order valence-electron chi connectivity index (χ0n) is 7.44. The Morgan fingerprint density at radius 3 is 1.25 bits per heavy atom. The normalized spacial score (nSPS) is 9.33. The summed E-state index contributed by atoms with van der Waals surface area (Å²) in [6.45, 7) is 6.50. The van der Waals surface area contributed by atoms with Gasteiger partial charge in [-0.2, -0.15) is 0 Å². The van der Waals surface area contributed by atoms with E-state index < -0.39 is 12.1 Å². The third kappa shape index (κ3) is 38.7. The third-order valence-electron chi connectivity index (χ3n) is 0.247. The first-order valence-corrected chi connectivity index (χ1v) is 3.36. The molecule has 4 N–H and O–H groups in total. The van der Waals surface area contributed by atoms with E-state index in [2.05, 4.69) is 42.5 Å². The van der Waals surface area contributed by atoms with Gasteiger partial charge in [0.1, 0.15) is 0 Å². The Balaban J connectivity index is 0. The molecule has 0 saturated heterocycles. The molecule has 4 amide bonds. The second-order valence-electron chi connectivity index (χ2n) is 2.61. The molecule has 0 unspecified atom stereocenters.